The van der Waals surface area contributed by atoms with E-state index in [0.717, 1.165) is 21.3 Å². The van der Waals surface area contributed by atoms with Crippen molar-refractivity contribution in [2.24, 2.45) is 11.3 Å². The maximum absolute atomic E-state index is 5.88. The summed E-state index contributed by atoms with van der Waals surface area (Å²) in [5.74, 6) is 2.14. The highest BCUT2D eigenvalue weighted by atomic mass is 79.9. The lowest BCUT2D eigenvalue weighted by molar-refractivity contribution is 0.165. The van der Waals surface area contributed by atoms with Gasteiger partial charge >= 0.3 is 0 Å². The van der Waals surface area contributed by atoms with Gasteiger partial charge in [0.1, 0.15) is 11.5 Å². The molecular formula is C14H20Br2O2. The Hall–Kier alpha value is -0.220. The third kappa shape index (κ3) is 4.47. The van der Waals surface area contributed by atoms with Crippen molar-refractivity contribution in [1.29, 1.82) is 0 Å². The molecule has 0 aliphatic carbocycles. The zero-order valence-electron chi connectivity index (χ0n) is 11.3. The molecule has 1 atom stereocenters. The average Bonchev–Trinajstić information content (AvgIpc) is 2.29. The van der Waals surface area contributed by atoms with Crippen molar-refractivity contribution in [2.75, 3.05) is 19.0 Å². The first-order valence-corrected chi connectivity index (χ1v) is 7.82. The van der Waals surface area contributed by atoms with Gasteiger partial charge < -0.3 is 9.47 Å². The average molecular weight is 380 g/mol. The Bertz CT molecular complexity index is 386. The van der Waals surface area contributed by atoms with E-state index in [9.17, 15) is 0 Å². The molecule has 0 aromatic heterocycles. The van der Waals surface area contributed by atoms with Crippen LogP contribution in [0.1, 0.15) is 20.8 Å². The Morgan fingerprint density at radius 3 is 2.39 bits per heavy atom. The van der Waals surface area contributed by atoms with Crippen LogP contribution in [-0.4, -0.2) is 19.0 Å². The molecule has 0 N–H and O–H groups in total. The standard InChI is InChI=1S/C14H20Br2O2/c1-14(2,3)10(8-15)9-18-13-6-5-11(17-4)7-12(13)16/h5-7,10H,8-9H2,1-4H3. The fourth-order valence-electron chi connectivity index (χ4n) is 1.44. The predicted octanol–water partition coefficient (Wildman–Crippen LogP) is 4.89. The molecule has 18 heavy (non-hydrogen) atoms. The number of alkyl halides is 1. The molecule has 1 aromatic rings. The molecule has 1 aromatic carbocycles. The van der Waals surface area contributed by atoms with Crippen molar-refractivity contribution in [3.05, 3.63) is 22.7 Å². The molecule has 0 saturated carbocycles. The van der Waals surface area contributed by atoms with Gasteiger partial charge in [-0.25, -0.2) is 0 Å². The highest BCUT2D eigenvalue weighted by Gasteiger charge is 2.24. The lowest BCUT2D eigenvalue weighted by Crippen LogP contribution is -2.27. The molecule has 0 bridgehead atoms. The molecule has 102 valence electrons. The monoisotopic (exact) mass is 378 g/mol. The van der Waals surface area contributed by atoms with Gasteiger partial charge in [0.25, 0.3) is 0 Å². The first-order chi connectivity index (χ1) is 8.38. The maximum atomic E-state index is 5.88. The quantitative estimate of drug-likeness (QED) is 0.677. The number of hydrogen-bond acceptors (Lipinski definition) is 2. The van der Waals surface area contributed by atoms with Crippen LogP contribution in [0.5, 0.6) is 11.5 Å². The second-order valence-electron chi connectivity index (χ2n) is 5.32. The van der Waals surface area contributed by atoms with Crippen molar-refractivity contribution in [1.82, 2.24) is 0 Å². The van der Waals surface area contributed by atoms with Crippen LogP contribution >= 0.6 is 31.9 Å². The van der Waals surface area contributed by atoms with Gasteiger partial charge in [-0.3, -0.25) is 0 Å². The number of benzene rings is 1. The third-order valence-electron chi connectivity index (χ3n) is 2.99. The molecular weight excluding hydrogens is 360 g/mol. The van der Waals surface area contributed by atoms with Crippen molar-refractivity contribution in [3.8, 4) is 11.5 Å². The fraction of sp³-hybridized carbons (Fsp3) is 0.571. The Morgan fingerprint density at radius 2 is 1.94 bits per heavy atom. The van der Waals surface area contributed by atoms with E-state index in [2.05, 4.69) is 52.6 Å². The normalized spacial score (nSPS) is 13.2. The van der Waals surface area contributed by atoms with Gasteiger partial charge in [-0.2, -0.15) is 0 Å². The van der Waals surface area contributed by atoms with E-state index in [4.69, 9.17) is 9.47 Å². The summed E-state index contributed by atoms with van der Waals surface area (Å²) in [6, 6.07) is 5.74. The molecule has 0 amide bonds. The topological polar surface area (TPSA) is 18.5 Å². The number of rotatable bonds is 5. The number of hydrogen-bond donors (Lipinski definition) is 0. The Morgan fingerprint density at radius 1 is 1.28 bits per heavy atom. The van der Waals surface area contributed by atoms with Gasteiger partial charge in [0, 0.05) is 11.2 Å². The number of ether oxygens (including phenoxy) is 2. The van der Waals surface area contributed by atoms with Crippen molar-refractivity contribution < 1.29 is 9.47 Å². The molecule has 0 aliphatic rings. The largest absolute Gasteiger partial charge is 0.497 e. The molecule has 0 saturated heterocycles. The molecule has 1 rings (SSSR count). The SMILES string of the molecule is COc1ccc(OCC(CBr)C(C)(C)C)c(Br)c1. The van der Waals surface area contributed by atoms with Crippen LogP contribution in [0.25, 0.3) is 0 Å². The minimum absolute atomic E-state index is 0.225. The van der Waals surface area contributed by atoms with E-state index in [1.54, 1.807) is 7.11 Å². The van der Waals surface area contributed by atoms with Crippen LogP contribution in [0.4, 0.5) is 0 Å². The third-order valence-corrected chi connectivity index (χ3v) is 4.39. The lowest BCUT2D eigenvalue weighted by Gasteiger charge is -2.29. The van der Waals surface area contributed by atoms with Crippen LogP contribution in [0.3, 0.4) is 0 Å². The summed E-state index contributed by atoms with van der Waals surface area (Å²) < 4.78 is 12.0. The van der Waals surface area contributed by atoms with E-state index in [1.807, 2.05) is 18.2 Å². The highest BCUT2D eigenvalue weighted by molar-refractivity contribution is 9.10. The van der Waals surface area contributed by atoms with Crippen molar-refractivity contribution in [3.63, 3.8) is 0 Å². The minimum Gasteiger partial charge on any atom is -0.497 e. The molecule has 0 aliphatic heterocycles. The molecule has 0 fully saturated rings. The highest BCUT2D eigenvalue weighted by Crippen LogP contribution is 2.32. The first kappa shape index (κ1) is 15.8. The van der Waals surface area contributed by atoms with E-state index < -0.39 is 0 Å². The van der Waals surface area contributed by atoms with Gasteiger partial charge in [0.2, 0.25) is 0 Å². The molecule has 1 unspecified atom stereocenters. The Labute approximate surface area is 126 Å². The Kier molecular flexibility index (Phi) is 5.99. The van der Waals surface area contributed by atoms with E-state index in [1.165, 1.54) is 0 Å². The summed E-state index contributed by atoms with van der Waals surface area (Å²) in [5, 5.41) is 0.935. The Balaban J connectivity index is 2.68. The van der Waals surface area contributed by atoms with Crippen LogP contribution < -0.4 is 9.47 Å². The van der Waals surface area contributed by atoms with Crippen molar-refractivity contribution in [2.45, 2.75) is 20.8 Å². The second kappa shape index (κ2) is 6.80. The van der Waals surface area contributed by atoms with Gasteiger partial charge in [0.15, 0.2) is 0 Å². The second-order valence-corrected chi connectivity index (χ2v) is 6.83. The van der Waals surface area contributed by atoms with Crippen LogP contribution in [0.15, 0.2) is 22.7 Å². The lowest BCUT2D eigenvalue weighted by atomic mass is 9.83. The molecule has 2 nitrogen and oxygen atoms in total. The van der Waals surface area contributed by atoms with Gasteiger partial charge in [0.05, 0.1) is 18.2 Å². The minimum atomic E-state index is 0.225. The first-order valence-electron chi connectivity index (χ1n) is 5.90. The van der Waals surface area contributed by atoms with Crippen LogP contribution in [-0.2, 0) is 0 Å². The maximum Gasteiger partial charge on any atom is 0.133 e. The van der Waals surface area contributed by atoms with Gasteiger partial charge in [-0.15, -0.1) is 0 Å². The molecule has 0 spiro atoms. The van der Waals surface area contributed by atoms with Crippen LogP contribution in [0.2, 0.25) is 0 Å². The summed E-state index contributed by atoms with van der Waals surface area (Å²) in [7, 11) is 1.66. The predicted molar refractivity (Wildman–Crippen MR) is 82.9 cm³/mol. The van der Waals surface area contributed by atoms with Gasteiger partial charge in [-0.1, -0.05) is 36.7 Å². The summed E-state index contributed by atoms with van der Waals surface area (Å²) in [6.07, 6.45) is 0. The molecule has 0 radical (unpaired) electrons. The zero-order chi connectivity index (χ0) is 13.8. The zero-order valence-corrected chi connectivity index (χ0v) is 14.5. The number of halogens is 2. The van der Waals surface area contributed by atoms with E-state index in [0.29, 0.717) is 12.5 Å². The summed E-state index contributed by atoms with van der Waals surface area (Å²) >= 11 is 7.05. The number of methoxy groups -OCH3 is 1. The van der Waals surface area contributed by atoms with Crippen LogP contribution in [0, 0.1) is 11.3 Å². The van der Waals surface area contributed by atoms with E-state index in [-0.39, 0.29) is 5.41 Å². The summed E-state index contributed by atoms with van der Waals surface area (Å²) in [4.78, 5) is 0. The smallest absolute Gasteiger partial charge is 0.133 e. The van der Waals surface area contributed by atoms with E-state index >= 15 is 0 Å². The van der Waals surface area contributed by atoms with Gasteiger partial charge in [-0.05, 0) is 39.5 Å². The fourth-order valence-corrected chi connectivity index (χ4v) is 3.07. The summed E-state index contributed by atoms with van der Waals surface area (Å²) in [6.45, 7) is 7.38. The van der Waals surface area contributed by atoms with Crippen molar-refractivity contribution >= 4 is 31.9 Å². The summed E-state index contributed by atoms with van der Waals surface area (Å²) in [5.41, 5.74) is 0.225. The molecule has 0 heterocycles. The molecule has 4 heteroatoms.